The fraction of sp³-hybridized carbons (Fsp3) is 0.444. The zero-order valence-corrected chi connectivity index (χ0v) is 8.52. The minimum Gasteiger partial charge on any atom is -0.469 e. The van der Waals surface area contributed by atoms with Gasteiger partial charge in [-0.05, 0) is 12.5 Å². The molecule has 0 spiro atoms. The van der Waals surface area contributed by atoms with Crippen molar-refractivity contribution in [3.05, 3.63) is 22.8 Å². The summed E-state index contributed by atoms with van der Waals surface area (Å²) >= 11 is 5.46. The molecule has 0 radical (unpaired) electrons. The van der Waals surface area contributed by atoms with E-state index in [9.17, 15) is 18.0 Å². The SMILES string of the molecule is COC(=O)C1CC=C(Cl)C=C1C(F)(F)F. The number of rotatable bonds is 1. The third kappa shape index (κ3) is 2.75. The molecule has 0 aliphatic heterocycles. The van der Waals surface area contributed by atoms with Crippen molar-refractivity contribution in [1.82, 2.24) is 0 Å². The van der Waals surface area contributed by atoms with Crippen molar-refractivity contribution in [3.8, 4) is 0 Å². The van der Waals surface area contributed by atoms with E-state index in [2.05, 4.69) is 4.74 Å². The molecular weight excluding hydrogens is 233 g/mol. The summed E-state index contributed by atoms with van der Waals surface area (Å²) in [6.07, 6.45) is -2.53. The van der Waals surface area contributed by atoms with Gasteiger partial charge in [0.15, 0.2) is 0 Å². The standard InChI is InChI=1S/C9H8ClF3O2/c1-15-8(14)6-3-2-5(10)4-7(6)9(11,12)13/h2,4,6H,3H2,1H3. The van der Waals surface area contributed by atoms with Gasteiger partial charge in [0.25, 0.3) is 0 Å². The highest BCUT2D eigenvalue weighted by molar-refractivity contribution is 6.31. The molecule has 0 fully saturated rings. The van der Waals surface area contributed by atoms with Crippen LogP contribution in [0.1, 0.15) is 6.42 Å². The Morgan fingerprint density at radius 3 is 2.67 bits per heavy atom. The van der Waals surface area contributed by atoms with E-state index in [0.29, 0.717) is 0 Å². The summed E-state index contributed by atoms with van der Waals surface area (Å²) in [6.45, 7) is 0. The van der Waals surface area contributed by atoms with Crippen molar-refractivity contribution in [3.63, 3.8) is 0 Å². The van der Waals surface area contributed by atoms with Crippen LogP contribution in [0.25, 0.3) is 0 Å². The molecule has 0 aromatic carbocycles. The summed E-state index contributed by atoms with van der Waals surface area (Å²) in [7, 11) is 1.05. The van der Waals surface area contributed by atoms with Crippen LogP contribution in [0.2, 0.25) is 0 Å². The third-order valence-corrected chi connectivity index (χ3v) is 2.29. The van der Waals surface area contributed by atoms with E-state index in [-0.39, 0.29) is 11.5 Å². The van der Waals surface area contributed by atoms with Gasteiger partial charge in [-0.25, -0.2) is 0 Å². The molecule has 1 aliphatic carbocycles. The molecule has 84 valence electrons. The van der Waals surface area contributed by atoms with Gasteiger partial charge in [-0.2, -0.15) is 13.2 Å². The maximum absolute atomic E-state index is 12.5. The predicted octanol–water partition coefficient (Wildman–Crippen LogP) is 2.79. The van der Waals surface area contributed by atoms with Gasteiger partial charge < -0.3 is 4.74 Å². The number of hydrogen-bond donors (Lipinski definition) is 0. The summed E-state index contributed by atoms with van der Waals surface area (Å²) in [5.41, 5.74) is -0.957. The van der Waals surface area contributed by atoms with E-state index in [4.69, 9.17) is 11.6 Å². The number of esters is 1. The van der Waals surface area contributed by atoms with Gasteiger partial charge in [-0.3, -0.25) is 4.79 Å². The second-order valence-electron chi connectivity index (χ2n) is 3.00. The van der Waals surface area contributed by atoms with Gasteiger partial charge in [-0.1, -0.05) is 17.7 Å². The lowest BCUT2D eigenvalue weighted by atomic mass is 9.91. The molecule has 0 aromatic rings. The summed E-state index contributed by atoms with van der Waals surface area (Å²) in [5, 5.41) is -0.0116. The van der Waals surface area contributed by atoms with Crippen LogP contribution in [0.3, 0.4) is 0 Å². The lowest BCUT2D eigenvalue weighted by molar-refractivity contribution is -0.149. The Morgan fingerprint density at radius 1 is 1.60 bits per heavy atom. The molecule has 0 bridgehead atoms. The topological polar surface area (TPSA) is 26.3 Å². The predicted molar refractivity (Wildman–Crippen MR) is 48.2 cm³/mol. The lowest BCUT2D eigenvalue weighted by Gasteiger charge is -2.22. The third-order valence-electron chi connectivity index (χ3n) is 2.03. The molecule has 0 amide bonds. The van der Waals surface area contributed by atoms with Gasteiger partial charge in [0.2, 0.25) is 0 Å². The zero-order chi connectivity index (χ0) is 11.6. The highest BCUT2D eigenvalue weighted by atomic mass is 35.5. The van der Waals surface area contributed by atoms with Gasteiger partial charge >= 0.3 is 12.1 Å². The highest BCUT2D eigenvalue weighted by Crippen LogP contribution is 2.38. The number of carbonyl (C=O) groups is 1. The van der Waals surface area contributed by atoms with E-state index in [1.807, 2.05) is 0 Å². The van der Waals surface area contributed by atoms with Crippen LogP contribution in [0, 0.1) is 5.92 Å². The first-order chi connectivity index (χ1) is 6.86. The van der Waals surface area contributed by atoms with E-state index in [1.54, 1.807) is 0 Å². The quantitative estimate of drug-likeness (QED) is 0.659. The van der Waals surface area contributed by atoms with Crippen molar-refractivity contribution < 1.29 is 22.7 Å². The molecule has 1 atom stereocenters. The summed E-state index contributed by atoms with van der Waals surface area (Å²) < 4.78 is 41.8. The molecule has 6 heteroatoms. The van der Waals surface area contributed by atoms with Crippen LogP contribution in [-0.4, -0.2) is 19.3 Å². The fourth-order valence-corrected chi connectivity index (χ4v) is 1.52. The summed E-state index contributed by atoms with van der Waals surface area (Å²) in [4.78, 5) is 11.1. The number of halogens is 4. The second kappa shape index (κ2) is 4.26. The lowest BCUT2D eigenvalue weighted by Crippen LogP contribution is -2.28. The average molecular weight is 241 g/mol. The Hall–Kier alpha value is -0.970. The van der Waals surface area contributed by atoms with Crippen LogP contribution in [0.15, 0.2) is 22.8 Å². The fourth-order valence-electron chi connectivity index (χ4n) is 1.31. The Morgan fingerprint density at radius 2 is 2.20 bits per heavy atom. The van der Waals surface area contributed by atoms with Crippen LogP contribution < -0.4 is 0 Å². The van der Waals surface area contributed by atoms with E-state index in [0.717, 1.165) is 13.2 Å². The van der Waals surface area contributed by atoms with E-state index >= 15 is 0 Å². The Bertz CT molecular complexity index is 331. The summed E-state index contributed by atoms with van der Waals surface area (Å²) in [6, 6.07) is 0. The highest BCUT2D eigenvalue weighted by Gasteiger charge is 2.42. The maximum atomic E-state index is 12.5. The van der Waals surface area contributed by atoms with Crippen LogP contribution in [0.4, 0.5) is 13.2 Å². The first-order valence-corrected chi connectivity index (χ1v) is 4.46. The number of allylic oxidation sites excluding steroid dienone is 3. The van der Waals surface area contributed by atoms with Gasteiger partial charge in [-0.15, -0.1) is 0 Å². The van der Waals surface area contributed by atoms with Crippen molar-refractivity contribution in [2.24, 2.45) is 5.92 Å². The average Bonchev–Trinajstić information content (AvgIpc) is 2.15. The van der Waals surface area contributed by atoms with E-state index < -0.39 is 23.6 Å². The number of carbonyl (C=O) groups excluding carboxylic acids is 1. The molecule has 0 aromatic heterocycles. The number of ether oxygens (including phenoxy) is 1. The molecule has 2 nitrogen and oxygen atoms in total. The Labute approximate surface area is 89.3 Å². The number of alkyl halides is 3. The van der Waals surface area contributed by atoms with Gasteiger partial charge in [0.1, 0.15) is 0 Å². The Kier molecular flexibility index (Phi) is 3.44. The van der Waals surface area contributed by atoms with Gasteiger partial charge in [0.05, 0.1) is 13.0 Å². The molecule has 0 N–H and O–H groups in total. The molecule has 15 heavy (non-hydrogen) atoms. The molecule has 0 heterocycles. The molecular formula is C9H8ClF3O2. The van der Waals surface area contributed by atoms with E-state index in [1.165, 1.54) is 6.08 Å². The monoisotopic (exact) mass is 240 g/mol. The van der Waals surface area contributed by atoms with Crippen LogP contribution in [0.5, 0.6) is 0 Å². The first kappa shape index (κ1) is 12.1. The van der Waals surface area contributed by atoms with Crippen molar-refractivity contribution in [1.29, 1.82) is 0 Å². The second-order valence-corrected chi connectivity index (χ2v) is 3.43. The molecule has 0 saturated carbocycles. The first-order valence-electron chi connectivity index (χ1n) is 4.08. The van der Waals surface area contributed by atoms with Crippen LogP contribution >= 0.6 is 11.6 Å². The number of methoxy groups -OCH3 is 1. The molecule has 1 unspecified atom stereocenters. The van der Waals surface area contributed by atoms with Crippen molar-refractivity contribution in [2.45, 2.75) is 12.6 Å². The van der Waals surface area contributed by atoms with Crippen LogP contribution in [-0.2, 0) is 9.53 Å². The number of hydrogen-bond acceptors (Lipinski definition) is 2. The largest absolute Gasteiger partial charge is 0.469 e. The molecule has 1 rings (SSSR count). The maximum Gasteiger partial charge on any atom is 0.413 e. The minimum atomic E-state index is -4.56. The smallest absolute Gasteiger partial charge is 0.413 e. The normalized spacial score (nSPS) is 21.8. The summed E-state index contributed by atoms with van der Waals surface area (Å²) in [5.74, 6) is -2.21. The van der Waals surface area contributed by atoms with Gasteiger partial charge in [0, 0.05) is 10.6 Å². The van der Waals surface area contributed by atoms with Crippen molar-refractivity contribution in [2.75, 3.05) is 7.11 Å². The zero-order valence-electron chi connectivity index (χ0n) is 7.77. The van der Waals surface area contributed by atoms with Crippen molar-refractivity contribution >= 4 is 17.6 Å². The molecule has 1 aliphatic rings. The molecule has 0 saturated heterocycles. The minimum absolute atomic E-state index is 0.0116. The Balaban J connectivity index is 3.03.